The van der Waals surface area contributed by atoms with E-state index in [4.69, 9.17) is 46.4 Å². The molecule has 2 aromatic rings. The summed E-state index contributed by atoms with van der Waals surface area (Å²) in [6, 6.07) is 4.42. The summed E-state index contributed by atoms with van der Waals surface area (Å²) in [5.41, 5.74) is 0.683. The first kappa shape index (κ1) is 12.8. The largest absolute Gasteiger partial charge is 0.328 e. The number of nitrogens with one attached hydrogen (secondary N) is 1. The van der Waals surface area contributed by atoms with Gasteiger partial charge in [-0.2, -0.15) is 0 Å². The average Bonchev–Trinajstić information content (AvgIpc) is 2.21. The highest BCUT2D eigenvalue weighted by Gasteiger charge is 2.13. The Kier molecular flexibility index (Phi) is 3.69. The van der Waals surface area contributed by atoms with E-state index >= 15 is 0 Å². The molecule has 0 bridgehead atoms. The summed E-state index contributed by atoms with van der Waals surface area (Å²) in [6.07, 6.45) is 1.39. The first-order chi connectivity index (χ1) is 7.99. The van der Waals surface area contributed by atoms with Gasteiger partial charge in [-0.25, -0.2) is 0 Å². The fraction of sp³-hybridized carbons (Fsp3) is 0. The van der Waals surface area contributed by atoms with Crippen molar-refractivity contribution in [1.82, 2.24) is 4.98 Å². The predicted octanol–water partition coefficient (Wildman–Crippen LogP) is 4.66. The van der Waals surface area contributed by atoms with Crippen molar-refractivity contribution in [3.05, 3.63) is 54.8 Å². The molecule has 0 spiro atoms. The van der Waals surface area contributed by atoms with Crippen LogP contribution >= 0.6 is 46.4 Å². The van der Waals surface area contributed by atoms with Gasteiger partial charge in [0, 0.05) is 28.4 Å². The van der Waals surface area contributed by atoms with E-state index in [0.717, 1.165) is 0 Å². The van der Waals surface area contributed by atoms with Crippen molar-refractivity contribution in [3.8, 4) is 11.1 Å². The van der Waals surface area contributed by atoms with Crippen LogP contribution in [0.3, 0.4) is 0 Å². The molecule has 0 aliphatic heterocycles. The molecular weight excluding hydrogens is 304 g/mol. The quantitative estimate of drug-likeness (QED) is 0.817. The Morgan fingerprint density at radius 2 is 1.47 bits per heavy atom. The van der Waals surface area contributed by atoms with Gasteiger partial charge in [0.15, 0.2) is 0 Å². The molecule has 1 aromatic carbocycles. The van der Waals surface area contributed by atoms with Crippen molar-refractivity contribution in [1.29, 1.82) is 0 Å². The molecule has 0 saturated heterocycles. The molecule has 1 aromatic heterocycles. The number of pyridine rings is 1. The molecule has 0 fully saturated rings. The highest BCUT2D eigenvalue weighted by atomic mass is 35.5. The van der Waals surface area contributed by atoms with Crippen molar-refractivity contribution in [3.63, 3.8) is 0 Å². The van der Waals surface area contributed by atoms with E-state index < -0.39 is 0 Å². The zero-order valence-electron chi connectivity index (χ0n) is 8.23. The van der Waals surface area contributed by atoms with Crippen LogP contribution < -0.4 is 5.56 Å². The molecule has 0 aliphatic rings. The number of benzene rings is 1. The fourth-order valence-corrected chi connectivity index (χ4v) is 2.67. The van der Waals surface area contributed by atoms with Gasteiger partial charge in [0.05, 0.1) is 15.1 Å². The Hall–Kier alpha value is -0.670. The van der Waals surface area contributed by atoms with Gasteiger partial charge < -0.3 is 4.98 Å². The summed E-state index contributed by atoms with van der Waals surface area (Å²) < 4.78 is 0. The summed E-state index contributed by atoms with van der Waals surface area (Å²) in [5, 5.41) is 1.46. The van der Waals surface area contributed by atoms with Crippen molar-refractivity contribution >= 4 is 46.4 Å². The van der Waals surface area contributed by atoms with Crippen LogP contribution in [0.1, 0.15) is 0 Å². The van der Waals surface area contributed by atoms with Gasteiger partial charge in [-0.1, -0.05) is 46.4 Å². The molecule has 1 heterocycles. The second kappa shape index (κ2) is 4.91. The zero-order valence-corrected chi connectivity index (χ0v) is 11.3. The summed E-state index contributed by atoms with van der Waals surface area (Å²) in [6.45, 7) is 0. The predicted molar refractivity (Wildman–Crippen MR) is 72.5 cm³/mol. The van der Waals surface area contributed by atoms with Crippen LogP contribution in [0, 0.1) is 0 Å². The van der Waals surface area contributed by atoms with Crippen molar-refractivity contribution in [2.75, 3.05) is 0 Å². The van der Waals surface area contributed by atoms with Crippen molar-refractivity contribution in [2.24, 2.45) is 0 Å². The van der Waals surface area contributed by atoms with Gasteiger partial charge >= 0.3 is 0 Å². The number of hydrogen-bond donors (Lipinski definition) is 1. The lowest BCUT2D eigenvalue weighted by Crippen LogP contribution is -2.03. The molecule has 2 nitrogen and oxygen atoms in total. The lowest BCUT2D eigenvalue weighted by Gasteiger charge is -2.09. The van der Waals surface area contributed by atoms with E-state index in [9.17, 15) is 4.79 Å². The number of H-pyrrole nitrogens is 1. The number of rotatable bonds is 1. The minimum absolute atomic E-state index is 0.286. The SMILES string of the molecule is O=c1cc(-c2c(Cl)cc(Cl)cc2Cl)c(Cl)c[nH]1. The number of halogens is 4. The Morgan fingerprint density at radius 1 is 0.882 bits per heavy atom. The van der Waals surface area contributed by atoms with Crippen LogP contribution in [0.25, 0.3) is 11.1 Å². The minimum atomic E-state index is -0.286. The molecule has 0 unspecified atom stereocenters. The second-order valence-electron chi connectivity index (χ2n) is 3.30. The fourth-order valence-electron chi connectivity index (χ4n) is 1.45. The molecule has 2 rings (SSSR count). The standard InChI is InChI=1S/C11H5Cl4NO/c12-5-1-7(13)11(8(14)2-5)6-3-10(17)16-4-9(6)15/h1-4H,(H,16,17). The third-order valence-corrected chi connectivity index (χ3v) is 3.28. The highest BCUT2D eigenvalue weighted by molar-refractivity contribution is 6.43. The Balaban J connectivity index is 2.77. The number of hydrogen-bond acceptors (Lipinski definition) is 1. The first-order valence-electron chi connectivity index (χ1n) is 4.52. The molecule has 88 valence electrons. The molecule has 0 amide bonds. The lowest BCUT2D eigenvalue weighted by molar-refractivity contribution is 1.24. The number of aromatic amines is 1. The zero-order chi connectivity index (χ0) is 12.6. The first-order valence-corrected chi connectivity index (χ1v) is 6.03. The second-order valence-corrected chi connectivity index (χ2v) is 4.96. The Morgan fingerprint density at radius 3 is 2.06 bits per heavy atom. The van der Waals surface area contributed by atoms with Crippen molar-refractivity contribution in [2.45, 2.75) is 0 Å². The monoisotopic (exact) mass is 307 g/mol. The van der Waals surface area contributed by atoms with E-state index in [1.54, 1.807) is 12.1 Å². The molecule has 6 heteroatoms. The van der Waals surface area contributed by atoms with E-state index in [0.29, 0.717) is 31.2 Å². The maximum Gasteiger partial charge on any atom is 0.248 e. The van der Waals surface area contributed by atoms with Crippen LogP contribution in [-0.2, 0) is 0 Å². The molecule has 1 N–H and O–H groups in total. The van der Waals surface area contributed by atoms with Crippen molar-refractivity contribution < 1.29 is 0 Å². The average molecular weight is 309 g/mol. The molecule has 0 saturated carbocycles. The third kappa shape index (κ3) is 2.61. The maximum absolute atomic E-state index is 11.3. The van der Waals surface area contributed by atoms with Crippen LogP contribution in [0.15, 0.2) is 29.2 Å². The summed E-state index contributed by atoms with van der Waals surface area (Å²) in [5.74, 6) is 0. The molecular formula is C11H5Cl4NO. The maximum atomic E-state index is 11.3. The molecule has 0 aliphatic carbocycles. The van der Waals surface area contributed by atoms with E-state index in [1.165, 1.54) is 12.3 Å². The Labute approximate surface area is 117 Å². The van der Waals surface area contributed by atoms with Gasteiger partial charge in [0.1, 0.15) is 0 Å². The topological polar surface area (TPSA) is 32.9 Å². The van der Waals surface area contributed by atoms with Gasteiger partial charge in [-0.05, 0) is 12.1 Å². The number of aromatic nitrogens is 1. The molecule has 17 heavy (non-hydrogen) atoms. The van der Waals surface area contributed by atoms with E-state index in [2.05, 4.69) is 4.98 Å². The van der Waals surface area contributed by atoms with Crippen LogP contribution in [-0.4, -0.2) is 4.98 Å². The molecule has 0 radical (unpaired) electrons. The van der Waals surface area contributed by atoms with Crippen LogP contribution in [0.4, 0.5) is 0 Å². The lowest BCUT2D eigenvalue weighted by atomic mass is 10.1. The van der Waals surface area contributed by atoms with E-state index in [-0.39, 0.29) is 5.56 Å². The minimum Gasteiger partial charge on any atom is -0.328 e. The third-order valence-electron chi connectivity index (χ3n) is 2.15. The highest BCUT2D eigenvalue weighted by Crippen LogP contribution is 2.39. The van der Waals surface area contributed by atoms with Gasteiger partial charge in [0.25, 0.3) is 0 Å². The Bertz CT molecular complexity index is 613. The smallest absolute Gasteiger partial charge is 0.248 e. The summed E-state index contributed by atoms with van der Waals surface area (Å²) >= 11 is 23.9. The van der Waals surface area contributed by atoms with Gasteiger partial charge in [0.2, 0.25) is 5.56 Å². The summed E-state index contributed by atoms with van der Waals surface area (Å²) in [4.78, 5) is 13.7. The van der Waals surface area contributed by atoms with Crippen LogP contribution in [0.5, 0.6) is 0 Å². The molecule has 0 atom stereocenters. The summed E-state index contributed by atoms with van der Waals surface area (Å²) in [7, 11) is 0. The van der Waals surface area contributed by atoms with Gasteiger partial charge in [-0.3, -0.25) is 4.79 Å². The van der Waals surface area contributed by atoms with Crippen LogP contribution in [0.2, 0.25) is 20.1 Å². The van der Waals surface area contributed by atoms with E-state index in [1.807, 2.05) is 0 Å². The normalized spacial score (nSPS) is 10.6. The van der Waals surface area contributed by atoms with Gasteiger partial charge in [-0.15, -0.1) is 0 Å².